The van der Waals surface area contributed by atoms with Crippen LogP contribution in [-0.2, 0) is 0 Å². The van der Waals surface area contributed by atoms with Crippen LogP contribution in [0.5, 0.6) is 17.2 Å². The smallest absolute Gasteiger partial charge is 0.326 e. The minimum absolute atomic E-state index is 0.0535. The molecule has 39 heavy (non-hydrogen) atoms. The lowest BCUT2D eigenvalue weighted by molar-refractivity contribution is 0.250. The highest BCUT2D eigenvalue weighted by Gasteiger charge is 2.18. The largest absolute Gasteiger partial charge is 0.494 e. The molecule has 4 aromatic carbocycles. The SMILES string of the molecule is CCOc1ccc(NC(=O)NCCN(C(=O)Nc2ccccc2F)c2ccc(Oc3ccccc3)cc2)cc1. The summed E-state index contributed by atoms with van der Waals surface area (Å²) < 4.78 is 25.4. The van der Waals surface area contributed by atoms with Crippen molar-refractivity contribution in [2.24, 2.45) is 0 Å². The maximum absolute atomic E-state index is 14.2. The van der Waals surface area contributed by atoms with Crippen LogP contribution in [0.4, 0.5) is 31.0 Å². The molecule has 0 aliphatic carbocycles. The molecule has 0 saturated carbocycles. The van der Waals surface area contributed by atoms with E-state index in [0.717, 1.165) is 0 Å². The van der Waals surface area contributed by atoms with E-state index in [4.69, 9.17) is 9.47 Å². The average molecular weight is 529 g/mol. The van der Waals surface area contributed by atoms with Crippen LogP contribution in [0.2, 0.25) is 0 Å². The molecule has 3 N–H and O–H groups in total. The molecule has 4 amide bonds. The third kappa shape index (κ3) is 7.96. The lowest BCUT2D eigenvalue weighted by Crippen LogP contribution is -2.42. The fraction of sp³-hybridized carbons (Fsp3) is 0.133. The van der Waals surface area contributed by atoms with Crippen molar-refractivity contribution in [3.05, 3.63) is 109 Å². The summed E-state index contributed by atoms with van der Waals surface area (Å²) in [6, 6.07) is 28.2. The highest BCUT2D eigenvalue weighted by molar-refractivity contribution is 6.02. The van der Waals surface area contributed by atoms with Gasteiger partial charge in [0.05, 0.1) is 12.3 Å². The van der Waals surface area contributed by atoms with Crippen LogP contribution in [0, 0.1) is 5.82 Å². The molecule has 0 fully saturated rings. The van der Waals surface area contributed by atoms with Gasteiger partial charge in [-0.15, -0.1) is 0 Å². The first-order chi connectivity index (χ1) is 19.0. The van der Waals surface area contributed by atoms with Crippen LogP contribution in [0.3, 0.4) is 0 Å². The molecule has 4 rings (SSSR count). The van der Waals surface area contributed by atoms with E-state index in [9.17, 15) is 14.0 Å². The first-order valence-corrected chi connectivity index (χ1v) is 12.5. The standard InChI is InChI=1S/C30H29FN4O4/c1-2-38-24-16-12-22(13-17-24)33-29(36)32-20-21-35(30(37)34-28-11-7-6-10-27(28)31)23-14-18-26(19-15-23)39-25-8-4-3-5-9-25/h3-19H,2,20-21H2,1H3,(H,34,37)(H2,32,33,36). The van der Waals surface area contributed by atoms with Gasteiger partial charge in [0.25, 0.3) is 0 Å². The van der Waals surface area contributed by atoms with Crippen LogP contribution in [0.1, 0.15) is 6.92 Å². The van der Waals surface area contributed by atoms with Gasteiger partial charge in [-0.1, -0.05) is 30.3 Å². The topological polar surface area (TPSA) is 91.9 Å². The van der Waals surface area contributed by atoms with Gasteiger partial charge in [0, 0.05) is 24.5 Å². The van der Waals surface area contributed by atoms with Crippen LogP contribution in [0.25, 0.3) is 0 Å². The number of carbonyl (C=O) groups is 2. The summed E-state index contributed by atoms with van der Waals surface area (Å²) in [6.45, 7) is 2.70. The summed E-state index contributed by atoms with van der Waals surface area (Å²) in [7, 11) is 0. The number of amides is 4. The molecule has 0 aromatic heterocycles. The Bertz CT molecular complexity index is 1370. The Balaban J connectivity index is 1.41. The van der Waals surface area contributed by atoms with Crippen LogP contribution in [0.15, 0.2) is 103 Å². The summed E-state index contributed by atoms with van der Waals surface area (Å²) in [5.74, 6) is 1.43. The number of ether oxygens (including phenoxy) is 2. The van der Waals surface area contributed by atoms with Crippen molar-refractivity contribution in [3.8, 4) is 17.2 Å². The Morgan fingerprint density at radius 1 is 0.769 bits per heavy atom. The summed E-state index contributed by atoms with van der Waals surface area (Å²) in [5.41, 5.74) is 1.19. The van der Waals surface area contributed by atoms with Crippen LogP contribution in [-0.4, -0.2) is 31.8 Å². The molecule has 0 aliphatic heterocycles. The Labute approximate surface area is 226 Å². The van der Waals surface area contributed by atoms with E-state index in [-0.39, 0.29) is 18.8 Å². The van der Waals surface area contributed by atoms with E-state index in [1.165, 1.54) is 17.0 Å². The molecule has 0 heterocycles. The molecule has 8 nitrogen and oxygen atoms in total. The number of carbonyl (C=O) groups excluding carboxylic acids is 2. The second kappa shape index (κ2) is 13.5. The van der Waals surface area contributed by atoms with Crippen molar-refractivity contribution in [2.75, 3.05) is 35.2 Å². The zero-order valence-electron chi connectivity index (χ0n) is 21.4. The lowest BCUT2D eigenvalue weighted by Gasteiger charge is -2.24. The molecule has 0 radical (unpaired) electrons. The van der Waals surface area contributed by atoms with Crippen molar-refractivity contribution >= 4 is 29.1 Å². The van der Waals surface area contributed by atoms with E-state index in [0.29, 0.717) is 35.2 Å². The number of anilines is 3. The number of hydrogen-bond donors (Lipinski definition) is 3. The monoisotopic (exact) mass is 528 g/mol. The fourth-order valence-corrected chi connectivity index (χ4v) is 3.67. The molecule has 200 valence electrons. The van der Waals surface area contributed by atoms with Gasteiger partial charge < -0.3 is 25.4 Å². The first kappa shape index (κ1) is 27.0. The first-order valence-electron chi connectivity index (χ1n) is 12.5. The molecule has 0 bridgehead atoms. The number of benzene rings is 4. The zero-order valence-corrected chi connectivity index (χ0v) is 21.4. The lowest BCUT2D eigenvalue weighted by atomic mass is 10.2. The molecule has 0 aliphatic rings. The Morgan fingerprint density at radius 2 is 1.41 bits per heavy atom. The van der Waals surface area contributed by atoms with Crippen molar-refractivity contribution in [1.29, 1.82) is 0 Å². The number of halogens is 1. The number of nitrogens with zero attached hydrogens (tertiary/aromatic N) is 1. The van der Waals surface area contributed by atoms with Gasteiger partial charge in [-0.3, -0.25) is 4.90 Å². The van der Waals surface area contributed by atoms with Gasteiger partial charge in [-0.2, -0.15) is 0 Å². The number of para-hydroxylation sites is 2. The molecule has 0 atom stereocenters. The fourth-order valence-electron chi connectivity index (χ4n) is 3.67. The van der Waals surface area contributed by atoms with Crippen molar-refractivity contribution in [1.82, 2.24) is 5.32 Å². The van der Waals surface area contributed by atoms with Gasteiger partial charge in [0.15, 0.2) is 0 Å². The van der Waals surface area contributed by atoms with E-state index in [1.807, 2.05) is 37.3 Å². The molecule has 4 aromatic rings. The number of rotatable bonds is 10. The highest BCUT2D eigenvalue weighted by atomic mass is 19.1. The van der Waals surface area contributed by atoms with Gasteiger partial charge >= 0.3 is 12.1 Å². The van der Waals surface area contributed by atoms with Crippen LogP contribution < -0.4 is 30.3 Å². The average Bonchev–Trinajstić information content (AvgIpc) is 2.95. The Morgan fingerprint density at radius 3 is 2.10 bits per heavy atom. The molecule has 0 spiro atoms. The molecular formula is C30H29FN4O4. The second-order valence-corrected chi connectivity index (χ2v) is 8.31. The number of hydrogen-bond acceptors (Lipinski definition) is 4. The van der Waals surface area contributed by atoms with E-state index in [1.54, 1.807) is 60.7 Å². The number of urea groups is 2. The summed E-state index contributed by atoms with van der Waals surface area (Å²) in [6.07, 6.45) is 0. The molecule has 0 saturated heterocycles. The maximum Gasteiger partial charge on any atom is 0.326 e. The second-order valence-electron chi connectivity index (χ2n) is 8.31. The quantitative estimate of drug-likeness (QED) is 0.209. The zero-order chi connectivity index (χ0) is 27.5. The molecule has 0 unspecified atom stereocenters. The van der Waals surface area contributed by atoms with Gasteiger partial charge in [0.1, 0.15) is 23.1 Å². The third-order valence-corrected chi connectivity index (χ3v) is 5.53. The van der Waals surface area contributed by atoms with Crippen molar-refractivity contribution < 1.29 is 23.5 Å². The third-order valence-electron chi connectivity index (χ3n) is 5.53. The Kier molecular flexibility index (Phi) is 9.33. The van der Waals surface area contributed by atoms with Gasteiger partial charge in [-0.05, 0) is 79.7 Å². The minimum atomic E-state index is -0.551. The van der Waals surface area contributed by atoms with Gasteiger partial charge in [0.2, 0.25) is 0 Å². The van der Waals surface area contributed by atoms with E-state index in [2.05, 4.69) is 16.0 Å². The molecular weight excluding hydrogens is 499 g/mol. The predicted molar refractivity (Wildman–Crippen MR) is 150 cm³/mol. The summed E-state index contributed by atoms with van der Waals surface area (Å²) in [5, 5.41) is 8.08. The number of nitrogens with one attached hydrogen (secondary N) is 3. The van der Waals surface area contributed by atoms with Gasteiger partial charge in [-0.25, -0.2) is 14.0 Å². The maximum atomic E-state index is 14.2. The minimum Gasteiger partial charge on any atom is -0.494 e. The Hall–Kier alpha value is -5.05. The summed E-state index contributed by atoms with van der Waals surface area (Å²) in [4.78, 5) is 27.0. The van der Waals surface area contributed by atoms with E-state index < -0.39 is 17.9 Å². The predicted octanol–water partition coefficient (Wildman–Crippen LogP) is 6.88. The van der Waals surface area contributed by atoms with Crippen molar-refractivity contribution in [2.45, 2.75) is 6.92 Å². The van der Waals surface area contributed by atoms with Crippen LogP contribution >= 0.6 is 0 Å². The van der Waals surface area contributed by atoms with Crippen molar-refractivity contribution in [3.63, 3.8) is 0 Å². The van der Waals surface area contributed by atoms with E-state index >= 15 is 0 Å². The molecule has 9 heteroatoms. The highest BCUT2D eigenvalue weighted by Crippen LogP contribution is 2.25. The summed E-state index contributed by atoms with van der Waals surface area (Å²) >= 11 is 0. The normalized spacial score (nSPS) is 10.3.